The summed E-state index contributed by atoms with van der Waals surface area (Å²) in [5.41, 5.74) is 1.90. The summed E-state index contributed by atoms with van der Waals surface area (Å²) < 4.78 is 54.2. The van der Waals surface area contributed by atoms with E-state index in [1.807, 2.05) is 0 Å². The van der Waals surface area contributed by atoms with Crippen LogP contribution >= 0.6 is 0 Å². The largest absolute Gasteiger partial charge is 0.502 e. The van der Waals surface area contributed by atoms with E-state index in [0.717, 1.165) is 85.3 Å². The number of hydrogen-bond donors (Lipinski definition) is 0. The van der Waals surface area contributed by atoms with E-state index >= 15 is 0 Å². The molecular weight excluding hydrogens is 630 g/mol. The summed E-state index contributed by atoms with van der Waals surface area (Å²) in [6.07, 6.45) is 16.2. The summed E-state index contributed by atoms with van der Waals surface area (Å²) in [6.45, 7) is 2.73. The maximum Gasteiger partial charge on any atom is 0.502 e. The first kappa shape index (κ1) is 32.3. The van der Waals surface area contributed by atoms with E-state index in [1.165, 1.54) is 38.5 Å². The Balaban J connectivity index is 1.00. The van der Waals surface area contributed by atoms with Gasteiger partial charge in [-0.3, -0.25) is 0 Å². The average molecular weight is 682 g/mol. The van der Waals surface area contributed by atoms with Crippen molar-refractivity contribution >= 4 is 25.2 Å². The van der Waals surface area contributed by atoms with Gasteiger partial charge in [0.1, 0.15) is 23.0 Å². The average Bonchev–Trinajstić information content (AvgIpc) is 3.96. The molecule has 0 aromatic heterocycles. The van der Waals surface area contributed by atoms with E-state index in [2.05, 4.69) is 36.4 Å². The topological polar surface area (TPSA) is 73.8 Å². The van der Waals surface area contributed by atoms with Gasteiger partial charge in [-0.1, -0.05) is 63.5 Å². The van der Waals surface area contributed by atoms with Crippen LogP contribution in [0.15, 0.2) is 36.4 Å². The highest BCUT2D eigenvalue weighted by molar-refractivity contribution is 6.64. The summed E-state index contributed by atoms with van der Waals surface area (Å²) in [6, 6.07) is 12.5. The third-order valence-corrected chi connectivity index (χ3v) is 13.6. The SMILES string of the molecule is c1cc2c3c(c1)OCCCCCCCCOc1cccc(c1B1O[C@@H]4[C@H](O1)[C@@H]1C[C@H]4C4C1[C@H]1C[C@@H]4[C@@H]4OB3O[C@@H]41)OCCCCCCCCO2. The molecule has 12 bridgehead atoms. The molecule has 2 aromatic rings. The quantitative estimate of drug-likeness (QED) is 0.309. The lowest BCUT2D eigenvalue weighted by atomic mass is 9.67. The molecule has 266 valence electrons. The maximum absolute atomic E-state index is 7.01. The van der Waals surface area contributed by atoms with E-state index in [9.17, 15) is 0 Å². The smallest absolute Gasteiger partial charge is 0.494 e. The Morgan fingerprint density at radius 2 is 0.660 bits per heavy atom. The van der Waals surface area contributed by atoms with Gasteiger partial charge in [0, 0.05) is 0 Å². The van der Waals surface area contributed by atoms with Crippen molar-refractivity contribution in [3.63, 3.8) is 0 Å². The van der Waals surface area contributed by atoms with Gasteiger partial charge >= 0.3 is 14.2 Å². The number of fused-ring (bicyclic) bond motifs is 18. The standard InChI is InChI=1S/C40H52B2O8/c1-2-6-10-20-44-30-16-14-18-32-36(30)42-49-39-27-24-28(40(39)50-42)34-26-23-25(33(27)34)37-38(26)48-41(47-37)35-29(43-19-9-5-1)15-13-17-31(35)45-21-11-7-3-4-8-12-22-46-32/h13-18,25-28,33-34,37-40H,1-12,19-24H2/t25-,26+,27-,28+,33?,34?,37-,38+,39-,40+. The van der Waals surface area contributed by atoms with Gasteiger partial charge in [-0.25, -0.2) is 0 Å². The van der Waals surface area contributed by atoms with Crippen molar-refractivity contribution in [3.8, 4) is 23.0 Å². The number of benzene rings is 2. The van der Waals surface area contributed by atoms with Gasteiger partial charge in [0.15, 0.2) is 0 Å². The van der Waals surface area contributed by atoms with Crippen molar-refractivity contribution in [2.45, 2.75) is 114 Å². The van der Waals surface area contributed by atoms with Gasteiger partial charge in [-0.15, -0.1) is 0 Å². The zero-order valence-corrected chi connectivity index (χ0v) is 29.4. The summed E-state index contributed by atoms with van der Waals surface area (Å²) in [5.74, 6) is 6.50. The van der Waals surface area contributed by atoms with Crippen LogP contribution in [0.3, 0.4) is 0 Å². The first-order chi connectivity index (χ1) is 24.8. The first-order valence-electron chi connectivity index (χ1n) is 20.2. The van der Waals surface area contributed by atoms with Crippen LogP contribution in [0.1, 0.15) is 89.9 Å². The molecule has 6 aliphatic heterocycles. The van der Waals surface area contributed by atoms with E-state index in [1.54, 1.807) is 0 Å². The molecule has 8 atom stereocenters. The van der Waals surface area contributed by atoms with E-state index in [4.69, 9.17) is 37.6 Å². The maximum atomic E-state index is 7.01. The minimum Gasteiger partial charge on any atom is -0.494 e. The monoisotopic (exact) mass is 682 g/mol. The Labute approximate surface area is 297 Å². The Morgan fingerprint density at radius 3 is 0.960 bits per heavy atom. The van der Waals surface area contributed by atoms with Crippen LogP contribution in [0.2, 0.25) is 0 Å². The molecule has 0 spiro atoms. The van der Waals surface area contributed by atoms with Crippen molar-refractivity contribution in [1.82, 2.24) is 0 Å². The molecule has 10 heteroatoms. The minimum atomic E-state index is -0.465. The van der Waals surface area contributed by atoms with Crippen molar-refractivity contribution in [2.24, 2.45) is 35.5 Å². The van der Waals surface area contributed by atoms with E-state index in [-0.39, 0.29) is 24.4 Å². The van der Waals surface area contributed by atoms with Crippen molar-refractivity contribution in [2.75, 3.05) is 26.4 Å². The molecular formula is C40H52B2O8. The molecule has 50 heavy (non-hydrogen) atoms. The lowest BCUT2D eigenvalue weighted by Gasteiger charge is -2.43. The van der Waals surface area contributed by atoms with Gasteiger partial charge in [0.2, 0.25) is 0 Å². The fourth-order valence-corrected chi connectivity index (χ4v) is 11.6. The van der Waals surface area contributed by atoms with Crippen LogP contribution in [-0.4, -0.2) is 65.1 Å². The second kappa shape index (κ2) is 13.9. The number of rotatable bonds is 0. The third kappa shape index (κ3) is 5.57. The Hall–Kier alpha value is -2.39. The zero-order valence-electron chi connectivity index (χ0n) is 29.4. The molecule has 0 radical (unpaired) electrons. The molecule has 4 saturated carbocycles. The Morgan fingerprint density at radius 1 is 0.380 bits per heavy atom. The normalized spacial score (nSPS) is 38.0. The van der Waals surface area contributed by atoms with Crippen LogP contribution in [0, 0.1) is 35.5 Å². The molecule has 0 unspecified atom stereocenters. The Kier molecular flexibility index (Phi) is 8.95. The molecule has 10 aliphatic rings. The fourth-order valence-electron chi connectivity index (χ4n) is 11.6. The Bertz CT molecular complexity index is 1320. The summed E-state index contributed by atoms with van der Waals surface area (Å²) in [5, 5.41) is 0. The highest BCUT2D eigenvalue weighted by Gasteiger charge is 2.74. The summed E-state index contributed by atoms with van der Waals surface area (Å²) in [7, 11) is -0.931. The fraction of sp³-hybridized carbons (Fsp3) is 0.700. The van der Waals surface area contributed by atoms with Crippen molar-refractivity contribution in [3.05, 3.63) is 36.4 Å². The predicted molar refractivity (Wildman–Crippen MR) is 191 cm³/mol. The van der Waals surface area contributed by atoms with Crippen LogP contribution in [-0.2, 0) is 18.6 Å². The number of ether oxygens (including phenoxy) is 4. The van der Waals surface area contributed by atoms with Crippen molar-refractivity contribution < 1.29 is 37.6 Å². The van der Waals surface area contributed by atoms with E-state index in [0.29, 0.717) is 61.9 Å². The molecule has 4 aliphatic carbocycles. The molecule has 6 heterocycles. The highest BCUT2D eigenvalue weighted by atomic mass is 16.7. The van der Waals surface area contributed by atoms with E-state index < -0.39 is 14.2 Å². The third-order valence-electron chi connectivity index (χ3n) is 13.6. The predicted octanol–water partition coefficient (Wildman–Crippen LogP) is 6.10. The highest BCUT2D eigenvalue weighted by Crippen LogP contribution is 2.70. The van der Waals surface area contributed by atoms with Crippen molar-refractivity contribution in [1.29, 1.82) is 0 Å². The van der Waals surface area contributed by atoms with Gasteiger partial charge in [0.05, 0.1) is 61.8 Å². The molecule has 0 amide bonds. The number of hydrogen-bond acceptors (Lipinski definition) is 8. The molecule has 12 rings (SSSR count). The van der Waals surface area contributed by atoms with Gasteiger partial charge in [-0.2, -0.15) is 0 Å². The van der Waals surface area contributed by atoms with Crippen LogP contribution in [0.4, 0.5) is 0 Å². The lowest BCUT2D eigenvalue weighted by molar-refractivity contribution is -0.0431. The minimum absolute atomic E-state index is 0.0976. The second-order valence-electron chi connectivity index (χ2n) is 16.3. The zero-order chi connectivity index (χ0) is 33.0. The molecule has 8 nitrogen and oxygen atoms in total. The van der Waals surface area contributed by atoms with Crippen LogP contribution in [0.5, 0.6) is 23.0 Å². The molecule has 2 saturated heterocycles. The van der Waals surface area contributed by atoms with Gasteiger partial charge < -0.3 is 37.6 Å². The van der Waals surface area contributed by atoms with Gasteiger partial charge in [0.25, 0.3) is 0 Å². The molecule has 2 aromatic carbocycles. The molecule has 6 fully saturated rings. The lowest BCUT2D eigenvalue weighted by Crippen LogP contribution is -2.49. The van der Waals surface area contributed by atoms with Crippen LogP contribution in [0.25, 0.3) is 0 Å². The molecule has 0 N–H and O–H groups in total. The van der Waals surface area contributed by atoms with Gasteiger partial charge in [-0.05, 0) is 98.3 Å². The summed E-state index contributed by atoms with van der Waals surface area (Å²) in [4.78, 5) is 0. The van der Waals surface area contributed by atoms with Crippen LogP contribution < -0.4 is 29.9 Å². The first-order valence-corrected chi connectivity index (χ1v) is 20.2. The summed E-state index contributed by atoms with van der Waals surface area (Å²) >= 11 is 0. The second-order valence-corrected chi connectivity index (χ2v) is 16.3.